The molecule has 1 heterocycles. The fraction of sp³-hybridized carbons (Fsp3) is 0.316. The number of phenols is 3. The Labute approximate surface area is 164 Å². The normalized spacial score (nSPS) is 23.7. The minimum atomic E-state index is -1.53. The van der Waals surface area contributed by atoms with Crippen LogP contribution in [0.15, 0.2) is 30.3 Å². The van der Waals surface area contributed by atoms with Gasteiger partial charge in [-0.1, -0.05) is 0 Å². The van der Waals surface area contributed by atoms with Gasteiger partial charge in [0.2, 0.25) is 12.1 Å². The number of benzene rings is 2. The molecule has 4 atom stereocenters. The van der Waals surface area contributed by atoms with E-state index in [4.69, 9.17) is 14.2 Å². The van der Waals surface area contributed by atoms with Gasteiger partial charge < -0.3 is 44.8 Å². The van der Waals surface area contributed by atoms with Gasteiger partial charge >= 0.3 is 0 Å². The number of aromatic hydroxyl groups is 3. The van der Waals surface area contributed by atoms with Gasteiger partial charge in [0.15, 0.2) is 0 Å². The summed E-state index contributed by atoms with van der Waals surface area (Å²) >= 11 is 0. The summed E-state index contributed by atoms with van der Waals surface area (Å²) in [5.41, 5.74) is -0.498. The molecule has 1 aliphatic heterocycles. The van der Waals surface area contributed by atoms with Gasteiger partial charge in [-0.2, -0.15) is 0 Å². The number of phenolic OH excluding ortho intramolecular Hbond substituents is 3. The van der Waals surface area contributed by atoms with Crippen molar-refractivity contribution in [2.75, 3.05) is 13.7 Å². The first kappa shape index (κ1) is 20.7. The molecule has 0 aliphatic carbocycles. The van der Waals surface area contributed by atoms with Gasteiger partial charge in [0.1, 0.15) is 52.6 Å². The summed E-state index contributed by atoms with van der Waals surface area (Å²) < 4.78 is 15.8. The van der Waals surface area contributed by atoms with Gasteiger partial charge in [0.05, 0.1) is 13.7 Å². The van der Waals surface area contributed by atoms with E-state index in [1.54, 1.807) is 0 Å². The van der Waals surface area contributed by atoms with E-state index >= 15 is 0 Å². The number of aliphatic hydroxyl groups is 3. The number of ketones is 1. The maximum Gasteiger partial charge on any atom is 0.229 e. The summed E-state index contributed by atoms with van der Waals surface area (Å²) in [4.78, 5) is 12.9. The highest BCUT2D eigenvalue weighted by Gasteiger charge is 2.44. The maximum absolute atomic E-state index is 12.9. The summed E-state index contributed by atoms with van der Waals surface area (Å²) in [5.74, 6) is -2.19. The van der Waals surface area contributed by atoms with E-state index < -0.39 is 42.7 Å². The highest BCUT2D eigenvalue weighted by molar-refractivity contribution is 6.13. The van der Waals surface area contributed by atoms with Crippen LogP contribution in [0, 0.1) is 0 Å². The lowest BCUT2D eigenvalue weighted by atomic mass is 10.0. The van der Waals surface area contributed by atoms with Crippen LogP contribution in [0.1, 0.15) is 15.9 Å². The van der Waals surface area contributed by atoms with E-state index in [-0.39, 0.29) is 34.1 Å². The lowest BCUT2D eigenvalue weighted by molar-refractivity contribution is -0.116. The van der Waals surface area contributed by atoms with Crippen molar-refractivity contribution in [1.82, 2.24) is 0 Å². The number of aliphatic hydroxyl groups excluding tert-OH is 3. The van der Waals surface area contributed by atoms with Crippen LogP contribution >= 0.6 is 0 Å². The monoisotopic (exact) mass is 408 g/mol. The SMILES string of the molecule is COc1cc(O)c(C(=O)c2cc(O)cc(O)c2)c(O[C@@H]2O[C@@H](CO)[C@H](O)[C@H]2O)c1. The molecular formula is C19H20O10. The minimum absolute atomic E-state index is 0.125. The van der Waals surface area contributed by atoms with E-state index in [9.17, 15) is 35.4 Å². The second kappa shape index (κ2) is 8.13. The molecule has 1 saturated heterocycles. The third kappa shape index (κ3) is 4.05. The molecule has 156 valence electrons. The topological polar surface area (TPSA) is 166 Å². The van der Waals surface area contributed by atoms with Crippen LogP contribution in [0.2, 0.25) is 0 Å². The van der Waals surface area contributed by atoms with E-state index in [1.165, 1.54) is 13.2 Å². The van der Waals surface area contributed by atoms with Crippen LogP contribution in [0.5, 0.6) is 28.7 Å². The number of rotatable bonds is 6. The average Bonchev–Trinajstić information content (AvgIpc) is 2.94. The average molecular weight is 408 g/mol. The first-order chi connectivity index (χ1) is 13.7. The summed E-state index contributed by atoms with van der Waals surface area (Å²) in [7, 11) is 1.32. The molecule has 0 spiro atoms. The second-order valence-corrected chi connectivity index (χ2v) is 6.41. The zero-order valence-electron chi connectivity index (χ0n) is 15.2. The number of carbonyl (C=O) groups excluding carboxylic acids is 1. The van der Waals surface area contributed by atoms with Crippen molar-refractivity contribution in [3.8, 4) is 28.7 Å². The van der Waals surface area contributed by atoms with Crippen LogP contribution in [0.25, 0.3) is 0 Å². The Balaban J connectivity index is 2.02. The van der Waals surface area contributed by atoms with Gasteiger partial charge in [0.25, 0.3) is 0 Å². The summed E-state index contributed by atoms with van der Waals surface area (Å²) in [6, 6.07) is 5.61. The highest BCUT2D eigenvalue weighted by Crippen LogP contribution is 2.38. The Morgan fingerprint density at radius 3 is 2.24 bits per heavy atom. The fourth-order valence-corrected chi connectivity index (χ4v) is 2.97. The van der Waals surface area contributed by atoms with Gasteiger partial charge in [-0.25, -0.2) is 0 Å². The zero-order chi connectivity index (χ0) is 21.3. The number of ether oxygens (including phenoxy) is 3. The first-order valence-electron chi connectivity index (χ1n) is 8.53. The number of hydrogen-bond acceptors (Lipinski definition) is 10. The second-order valence-electron chi connectivity index (χ2n) is 6.41. The lowest BCUT2D eigenvalue weighted by Crippen LogP contribution is -2.35. The third-order valence-electron chi connectivity index (χ3n) is 4.42. The van der Waals surface area contributed by atoms with Crippen molar-refractivity contribution in [2.24, 2.45) is 0 Å². The standard InChI is InChI=1S/C19H20O10/c1-27-11-5-12(23)15(16(24)8-2-9(21)4-10(22)3-8)13(6-11)28-19-18(26)17(25)14(7-20)29-19/h2-6,14,17-23,25-26H,7H2,1H3/t14-,17-,18+,19+/m0/s1. The van der Waals surface area contributed by atoms with Crippen molar-refractivity contribution in [3.63, 3.8) is 0 Å². The van der Waals surface area contributed by atoms with E-state index in [2.05, 4.69) is 0 Å². The zero-order valence-corrected chi connectivity index (χ0v) is 15.2. The smallest absolute Gasteiger partial charge is 0.229 e. The molecule has 1 fully saturated rings. The molecule has 0 bridgehead atoms. The number of hydrogen-bond donors (Lipinski definition) is 6. The van der Waals surface area contributed by atoms with Crippen LogP contribution < -0.4 is 9.47 Å². The molecule has 0 amide bonds. The molecule has 0 unspecified atom stereocenters. The minimum Gasteiger partial charge on any atom is -0.508 e. The molecule has 0 saturated carbocycles. The van der Waals surface area contributed by atoms with Gasteiger partial charge in [0, 0.05) is 23.8 Å². The predicted octanol–water partition coefficient (Wildman–Crippen LogP) is -0.139. The number of methoxy groups -OCH3 is 1. The molecule has 1 aliphatic rings. The summed E-state index contributed by atoms with van der Waals surface area (Å²) in [6.07, 6.45) is -5.51. The Morgan fingerprint density at radius 2 is 1.69 bits per heavy atom. The molecule has 2 aromatic carbocycles. The Kier molecular flexibility index (Phi) is 5.80. The molecular weight excluding hydrogens is 388 g/mol. The van der Waals surface area contributed by atoms with Crippen molar-refractivity contribution < 1.29 is 49.6 Å². The molecule has 10 heteroatoms. The van der Waals surface area contributed by atoms with Crippen molar-refractivity contribution >= 4 is 5.78 Å². The van der Waals surface area contributed by atoms with Crippen LogP contribution in [0.3, 0.4) is 0 Å². The van der Waals surface area contributed by atoms with Crippen LogP contribution in [0.4, 0.5) is 0 Å². The molecule has 0 aromatic heterocycles. The quantitative estimate of drug-likeness (QED) is 0.354. The first-order valence-corrected chi connectivity index (χ1v) is 8.53. The fourth-order valence-electron chi connectivity index (χ4n) is 2.97. The van der Waals surface area contributed by atoms with Crippen molar-refractivity contribution in [1.29, 1.82) is 0 Å². The van der Waals surface area contributed by atoms with Crippen molar-refractivity contribution in [3.05, 3.63) is 41.5 Å². The van der Waals surface area contributed by atoms with Crippen molar-refractivity contribution in [2.45, 2.75) is 24.6 Å². The van der Waals surface area contributed by atoms with E-state index in [0.717, 1.165) is 24.3 Å². The molecule has 29 heavy (non-hydrogen) atoms. The molecule has 0 radical (unpaired) electrons. The molecule has 2 aromatic rings. The summed E-state index contributed by atoms with van der Waals surface area (Å²) in [6.45, 7) is -0.574. The van der Waals surface area contributed by atoms with Gasteiger partial charge in [-0.3, -0.25) is 4.79 Å². The summed E-state index contributed by atoms with van der Waals surface area (Å²) in [5, 5.41) is 58.8. The molecule has 10 nitrogen and oxygen atoms in total. The highest BCUT2D eigenvalue weighted by atomic mass is 16.7. The Hall–Kier alpha value is -3.05. The largest absolute Gasteiger partial charge is 0.508 e. The van der Waals surface area contributed by atoms with Gasteiger partial charge in [-0.15, -0.1) is 0 Å². The van der Waals surface area contributed by atoms with Crippen LogP contribution in [-0.2, 0) is 4.74 Å². The Morgan fingerprint density at radius 1 is 1.03 bits per heavy atom. The van der Waals surface area contributed by atoms with E-state index in [1.807, 2.05) is 0 Å². The number of carbonyl (C=O) groups is 1. The predicted molar refractivity (Wildman–Crippen MR) is 96.3 cm³/mol. The van der Waals surface area contributed by atoms with Gasteiger partial charge in [-0.05, 0) is 12.1 Å². The van der Waals surface area contributed by atoms with E-state index in [0.29, 0.717) is 0 Å². The lowest BCUT2D eigenvalue weighted by Gasteiger charge is -2.20. The molecule has 3 rings (SSSR count). The maximum atomic E-state index is 12.9. The third-order valence-corrected chi connectivity index (χ3v) is 4.42. The van der Waals surface area contributed by atoms with Crippen LogP contribution in [-0.4, -0.2) is 74.7 Å². The Bertz CT molecular complexity index is 892. The molecule has 6 N–H and O–H groups in total.